The number of nitrogens with zero attached hydrogens (tertiary/aromatic N) is 1. The first-order valence-corrected chi connectivity index (χ1v) is 5.29. The third-order valence-electron chi connectivity index (χ3n) is 2.21. The largest absolute Gasteiger partial charge is 0.384 e. The number of pyridine rings is 1. The van der Waals surface area contributed by atoms with Crippen LogP contribution in [0.3, 0.4) is 0 Å². The van der Waals surface area contributed by atoms with Crippen molar-refractivity contribution in [2.45, 2.75) is 6.92 Å². The van der Waals surface area contributed by atoms with Gasteiger partial charge in [-0.15, -0.1) is 0 Å². The lowest BCUT2D eigenvalue weighted by Gasteiger charge is -2.07. The van der Waals surface area contributed by atoms with Gasteiger partial charge in [0.25, 0.3) is 0 Å². The van der Waals surface area contributed by atoms with Gasteiger partial charge in [0.15, 0.2) is 0 Å². The molecule has 1 heterocycles. The number of aryl methyl sites for hydroxylation is 1. The molecule has 0 aliphatic heterocycles. The molecule has 0 aliphatic carbocycles. The first-order chi connectivity index (χ1) is 7.09. The predicted octanol–water partition coefficient (Wildman–Crippen LogP) is 2.59. The molecule has 0 amide bonds. The number of halogens is 1. The van der Waals surface area contributed by atoms with Crippen LogP contribution in [0.15, 0.2) is 28.7 Å². The summed E-state index contributed by atoms with van der Waals surface area (Å²) in [4.78, 5) is 4.42. The number of hydrogen-bond acceptors (Lipinski definition) is 2. The second-order valence-electron chi connectivity index (χ2n) is 3.36. The highest BCUT2D eigenvalue weighted by molar-refractivity contribution is 9.10. The Morgan fingerprint density at radius 1 is 1.47 bits per heavy atom. The van der Waals surface area contributed by atoms with Gasteiger partial charge in [-0.2, -0.15) is 0 Å². The Bertz CT molecular complexity index is 549. The number of rotatable bonds is 1. The maximum Gasteiger partial charge on any atom is 0.123 e. The van der Waals surface area contributed by atoms with Crippen LogP contribution in [0, 0.1) is 12.3 Å². The molecule has 2 aromatic rings. The number of amidine groups is 1. The van der Waals surface area contributed by atoms with Crippen LogP contribution in [0.4, 0.5) is 0 Å². The molecule has 0 fully saturated rings. The van der Waals surface area contributed by atoms with Gasteiger partial charge in [-0.1, -0.05) is 12.1 Å². The topological polar surface area (TPSA) is 62.8 Å². The van der Waals surface area contributed by atoms with Gasteiger partial charge in [-0.25, -0.2) is 0 Å². The second-order valence-corrected chi connectivity index (χ2v) is 4.22. The van der Waals surface area contributed by atoms with Crippen LogP contribution < -0.4 is 5.73 Å². The van der Waals surface area contributed by atoms with Crippen LogP contribution in [0.2, 0.25) is 0 Å². The van der Waals surface area contributed by atoms with Gasteiger partial charge in [0, 0.05) is 21.1 Å². The summed E-state index contributed by atoms with van der Waals surface area (Å²) in [5.41, 5.74) is 7.98. The SMILES string of the molecule is Cc1cc(C(=N)N)c2cccc(Br)c2n1. The zero-order chi connectivity index (χ0) is 11.0. The molecule has 15 heavy (non-hydrogen) atoms. The van der Waals surface area contributed by atoms with Gasteiger partial charge >= 0.3 is 0 Å². The first-order valence-electron chi connectivity index (χ1n) is 4.50. The fourth-order valence-corrected chi connectivity index (χ4v) is 2.02. The Morgan fingerprint density at radius 3 is 2.87 bits per heavy atom. The maximum atomic E-state index is 7.52. The van der Waals surface area contributed by atoms with E-state index in [9.17, 15) is 0 Å². The summed E-state index contributed by atoms with van der Waals surface area (Å²) in [6.07, 6.45) is 0. The van der Waals surface area contributed by atoms with Crippen molar-refractivity contribution in [3.63, 3.8) is 0 Å². The van der Waals surface area contributed by atoms with E-state index in [2.05, 4.69) is 20.9 Å². The Kier molecular flexibility index (Phi) is 2.44. The quantitative estimate of drug-likeness (QED) is 0.614. The van der Waals surface area contributed by atoms with E-state index >= 15 is 0 Å². The van der Waals surface area contributed by atoms with Crippen LogP contribution in [0.1, 0.15) is 11.3 Å². The number of para-hydroxylation sites is 1. The van der Waals surface area contributed by atoms with E-state index in [-0.39, 0.29) is 5.84 Å². The van der Waals surface area contributed by atoms with Crippen molar-refractivity contribution in [2.24, 2.45) is 5.73 Å². The molecule has 0 saturated heterocycles. The summed E-state index contributed by atoms with van der Waals surface area (Å²) in [7, 11) is 0. The molecule has 4 heteroatoms. The van der Waals surface area contributed by atoms with Gasteiger partial charge in [0.2, 0.25) is 0 Å². The monoisotopic (exact) mass is 263 g/mol. The summed E-state index contributed by atoms with van der Waals surface area (Å²) < 4.78 is 0.922. The zero-order valence-corrected chi connectivity index (χ0v) is 9.80. The summed E-state index contributed by atoms with van der Waals surface area (Å²) in [6.45, 7) is 1.89. The van der Waals surface area contributed by atoms with E-state index in [1.165, 1.54) is 0 Å². The normalized spacial score (nSPS) is 10.5. The summed E-state index contributed by atoms with van der Waals surface area (Å²) in [5, 5.41) is 8.42. The van der Waals surface area contributed by atoms with E-state index in [0.29, 0.717) is 0 Å². The summed E-state index contributed by atoms with van der Waals surface area (Å²) >= 11 is 3.44. The standard InChI is InChI=1S/C11H10BrN3/c1-6-5-8(11(13)14)7-3-2-4-9(12)10(7)15-6/h2-5H,1H3,(H3,13,14). The van der Waals surface area contributed by atoms with E-state index in [4.69, 9.17) is 11.1 Å². The fourth-order valence-electron chi connectivity index (χ4n) is 1.56. The van der Waals surface area contributed by atoms with E-state index in [0.717, 1.165) is 26.6 Å². The molecule has 0 atom stereocenters. The van der Waals surface area contributed by atoms with Crippen molar-refractivity contribution in [3.8, 4) is 0 Å². The molecular weight excluding hydrogens is 254 g/mol. The van der Waals surface area contributed by atoms with Crippen molar-refractivity contribution < 1.29 is 0 Å². The van der Waals surface area contributed by atoms with Crippen molar-refractivity contribution in [3.05, 3.63) is 40.0 Å². The molecule has 2 rings (SSSR count). The van der Waals surface area contributed by atoms with Gasteiger partial charge < -0.3 is 5.73 Å². The molecule has 0 radical (unpaired) electrons. The van der Waals surface area contributed by atoms with Crippen LogP contribution >= 0.6 is 15.9 Å². The van der Waals surface area contributed by atoms with Crippen LogP contribution in [0.25, 0.3) is 10.9 Å². The predicted molar refractivity (Wildman–Crippen MR) is 65.2 cm³/mol. The molecule has 3 N–H and O–H groups in total. The van der Waals surface area contributed by atoms with Crippen molar-refractivity contribution in [2.75, 3.05) is 0 Å². The van der Waals surface area contributed by atoms with E-state index in [1.807, 2.05) is 31.2 Å². The van der Waals surface area contributed by atoms with Gasteiger partial charge in [0.05, 0.1) is 5.52 Å². The molecule has 0 unspecified atom stereocenters. The Balaban J connectivity index is 2.92. The average molecular weight is 264 g/mol. The number of benzene rings is 1. The molecule has 1 aromatic heterocycles. The molecular formula is C11H10BrN3. The van der Waals surface area contributed by atoms with Crippen molar-refractivity contribution >= 4 is 32.7 Å². The number of aromatic nitrogens is 1. The lowest BCUT2D eigenvalue weighted by Crippen LogP contribution is -2.12. The third kappa shape index (κ3) is 1.72. The highest BCUT2D eigenvalue weighted by Gasteiger charge is 2.08. The smallest absolute Gasteiger partial charge is 0.123 e. The fraction of sp³-hybridized carbons (Fsp3) is 0.0909. The summed E-state index contributed by atoms with van der Waals surface area (Å²) in [6, 6.07) is 7.59. The third-order valence-corrected chi connectivity index (χ3v) is 2.85. The second kappa shape index (κ2) is 3.62. The number of nitrogens with two attached hydrogens (primary N) is 1. The number of hydrogen-bond donors (Lipinski definition) is 2. The van der Waals surface area contributed by atoms with E-state index < -0.39 is 0 Å². The summed E-state index contributed by atoms with van der Waals surface area (Å²) in [5.74, 6) is 0.0728. The zero-order valence-electron chi connectivity index (χ0n) is 8.21. The Morgan fingerprint density at radius 2 is 2.20 bits per heavy atom. The highest BCUT2D eigenvalue weighted by atomic mass is 79.9. The maximum absolute atomic E-state index is 7.52. The molecule has 1 aromatic carbocycles. The minimum Gasteiger partial charge on any atom is -0.384 e. The molecule has 76 valence electrons. The minimum atomic E-state index is 0.0728. The molecule has 3 nitrogen and oxygen atoms in total. The molecule has 0 saturated carbocycles. The van der Waals surface area contributed by atoms with Gasteiger partial charge in [-0.3, -0.25) is 10.4 Å². The van der Waals surface area contributed by atoms with E-state index in [1.54, 1.807) is 0 Å². The van der Waals surface area contributed by atoms with Crippen LogP contribution in [0.5, 0.6) is 0 Å². The molecule has 0 spiro atoms. The Hall–Kier alpha value is -1.42. The number of nitrogens with one attached hydrogen (secondary N) is 1. The Labute approximate surface area is 96.0 Å². The van der Waals surface area contributed by atoms with Gasteiger partial charge in [-0.05, 0) is 35.0 Å². The minimum absolute atomic E-state index is 0.0728. The first kappa shape index (κ1) is 10.1. The van der Waals surface area contributed by atoms with Crippen LogP contribution in [-0.4, -0.2) is 10.8 Å². The lowest BCUT2D eigenvalue weighted by molar-refractivity contribution is 1.24. The lowest BCUT2D eigenvalue weighted by atomic mass is 10.1. The van der Waals surface area contributed by atoms with Crippen molar-refractivity contribution in [1.29, 1.82) is 5.41 Å². The van der Waals surface area contributed by atoms with Gasteiger partial charge in [0.1, 0.15) is 5.84 Å². The number of fused-ring (bicyclic) bond motifs is 1. The highest BCUT2D eigenvalue weighted by Crippen LogP contribution is 2.25. The molecule has 0 aliphatic rings. The average Bonchev–Trinajstić information content (AvgIpc) is 2.18. The van der Waals surface area contributed by atoms with Crippen molar-refractivity contribution in [1.82, 2.24) is 4.98 Å². The molecule has 0 bridgehead atoms. The van der Waals surface area contributed by atoms with Crippen LogP contribution in [-0.2, 0) is 0 Å². The number of nitrogen functional groups attached to an aromatic ring is 1.